The van der Waals surface area contributed by atoms with Crippen molar-refractivity contribution in [3.05, 3.63) is 52.8 Å². The minimum absolute atomic E-state index is 0.157. The molecule has 1 heterocycles. The van der Waals surface area contributed by atoms with Crippen LogP contribution < -0.4 is 5.73 Å². The van der Waals surface area contributed by atoms with Crippen LogP contribution in [0.3, 0.4) is 0 Å². The van der Waals surface area contributed by atoms with Crippen molar-refractivity contribution in [1.82, 2.24) is 10.2 Å². The molecule has 0 aliphatic rings. The lowest BCUT2D eigenvalue weighted by Gasteiger charge is -2.08. The molecule has 4 N–H and O–H groups in total. The maximum atomic E-state index is 4.21. The standard InChI is InChI=1S/C12H15N3/c1-8-11(9(2)15-14-8)12(13)10-6-4-3-5-7-10/h3-7,12H,13H2,1-2H3,(H,14,15)/p+1/t12-/m1/s1. The van der Waals surface area contributed by atoms with E-state index in [2.05, 4.69) is 28.1 Å². The summed E-state index contributed by atoms with van der Waals surface area (Å²) in [5.41, 5.74) is 8.79. The molecule has 1 aromatic heterocycles. The second-order valence-corrected chi connectivity index (χ2v) is 3.81. The summed E-state index contributed by atoms with van der Waals surface area (Å²) in [6.07, 6.45) is 0. The summed E-state index contributed by atoms with van der Waals surface area (Å²) >= 11 is 0. The Hall–Kier alpha value is -1.61. The van der Waals surface area contributed by atoms with Crippen LogP contribution in [0.5, 0.6) is 0 Å². The zero-order chi connectivity index (χ0) is 10.8. The van der Waals surface area contributed by atoms with Crippen molar-refractivity contribution in [3.63, 3.8) is 0 Å². The molecule has 0 amide bonds. The molecular weight excluding hydrogens is 186 g/mol. The van der Waals surface area contributed by atoms with Gasteiger partial charge in [0.2, 0.25) is 0 Å². The number of H-pyrrole nitrogens is 1. The number of quaternary nitrogens is 1. The highest BCUT2D eigenvalue weighted by Gasteiger charge is 2.19. The fourth-order valence-electron chi connectivity index (χ4n) is 1.93. The molecule has 0 aliphatic heterocycles. The summed E-state index contributed by atoms with van der Waals surface area (Å²) in [6, 6.07) is 10.5. The van der Waals surface area contributed by atoms with E-state index in [1.54, 1.807) is 0 Å². The van der Waals surface area contributed by atoms with Crippen LogP contribution in [0.4, 0.5) is 0 Å². The summed E-state index contributed by atoms with van der Waals surface area (Å²) in [6.45, 7) is 4.05. The average Bonchev–Trinajstić information content (AvgIpc) is 2.59. The summed E-state index contributed by atoms with van der Waals surface area (Å²) < 4.78 is 0. The van der Waals surface area contributed by atoms with Crippen LogP contribution in [-0.4, -0.2) is 10.2 Å². The Bertz CT molecular complexity index is 426. The largest absolute Gasteiger partial charge is 0.347 e. The molecule has 0 radical (unpaired) electrons. The summed E-state index contributed by atoms with van der Waals surface area (Å²) in [7, 11) is 0. The van der Waals surface area contributed by atoms with Gasteiger partial charge in [0.25, 0.3) is 0 Å². The van der Waals surface area contributed by atoms with Crippen molar-refractivity contribution in [2.24, 2.45) is 0 Å². The van der Waals surface area contributed by atoms with Crippen LogP contribution in [0, 0.1) is 13.8 Å². The molecule has 1 atom stereocenters. The van der Waals surface area contributed by atoms with Gasteiger partial charge in [0.05, 0.1) is 11.3 Å². The van der Waals surface area contributed by atoms with Crippen molar-refractivity contribution in [1.29, 1.82) is 0 Å². The molecular formula is C12H16N3+. The highest BCUT2D eigenvalue weighted by atomic mass is 15.1. The quantitative estimate of drug-likeness (QED) is 0.759. The third-order valence-corrected chi connectivity index (χ3v) is 2.74. The molecule has 2 aromatic rings. The van der Waals surface area contributed by atoms with Gasteiger partial charge < -0.3 is 5.73 Å². The second kappa shape index (κ2) is 3.87. The molecule has 0 saturated heterocycles. The number of nitrogens with zero attached hydrogens (tertiary/aromatic N) is 1. The monoisotopic (exact) mass is 202 g/mol. The number of hydrogen-bond acceptors (Lipinski definition) is 1. The summed E-state index contributed by atoms with van der Waals surface area (Å²) in [5.74, 6) is 0. The number of aryl methyl sites for hydroxylation is 2. The zero-order valence-corrected chi connectivity index (χ0v) is 9.12. The Morgan fingerprint density at radius 2 is 1.87 bits per heavy atom. The van der Waals surface area contributed by atoms with Gasteiger partial charge in [-0.3, -0.25) is 5.10 Å². The smallest absolute Gasteiger partial charge is 0.139 e. The Morgan fingerprint density at radius 3 is 2.40 bits per heavy atom. The Morgan fingerprint density at radius 1 is 1.20 bits per heavy atom. The van der Waals surface area contributed by atoms with Crippen molar-refractivity contribution in [2.45, 2.75) is 19.9 Å². The van der Waals surface area contributed by atoms with Gasteiger partial charge in [0.1, 0.15) is 6.04 Å². The van der Waals surface area contributed by atoms with Gasteiger partial charge in [-0.15, -0.1) is 0 Å². The van der Waals surface area contributed by atoms with Crippen molar-refractivity contribution < 1.29 is 5.73 Å². The van der Waals surface area contributed by atoms with E-state index in [1.165, 1.54) is 11.1 Å². The molecule has 15 heavy (non-hydrogen) atoms. The second-order valence-electron chi connectivity index (χ2n) is 3.81. The first-order valence-electron chi connectivity index (χ1n) is 5.09. The van der Waals surface area contributed by atoms with Crippen LogP contribution in [0.15, 0.2) is 30.3 Å². The van der Waals surface area contributed by atoms with E-state index in [9.17, 15) is 0 Å². The maximum Gasteiger partial charge on any atom is 0.139 e. The number of rotatable bonds is 2. The van der Waals surface area contributed by atoms with E-state index in [1.807, 2.05) is 32.0 Å². The number of benzene rings is 1. The normalized spacial score (nSPS) is 12.7. The van der Waals surface area contributed by atoms with Crippen LogP contribution in [0.1, 0.15) is 28.6 Å². The molecule has 0 bridgehead atoms. The number of aromatic nitrogens is 2. The molecule has 0 fully saturated rings. The Kier molecular flexibility index (Phi) is 2.56. The average molecular weight is 202 g/mol. The fourth-order valence-corrected chi connectivity index (χ4v) is 1.93. The van der Waals surface area contributed by atoms with Gasteiger partial charge in [0.15, 0.2) is 0 Å². The molecule has 2 rings (SSSR count). The topological polar surface area (TPSA) is 56.3 Å². The van der Waals surface area contributed by atoms with E-state index in [0.29, 0.717) is 0 Å². The van der Waals surface area contributed by atoms with Crippen LogP contribution in [0.2, 0.25) is 0 Å². The number of hydrogen-bond donors (Lipinski definition) is 2. The molecule has 0 saturated carbocycles. The predicted octanol–water partition coefficient (Wildman–Crippen LogP) is 1.36. The van der Waals surface area contributed by atoms with Gasteiger partial charge in [-0.2, -0.15) is 5.10 Å². The SMILES string of the molecule is Cc1n[nH]c(C)c1[C@H]([NH3+])c1ccccc1. The summed E-state index contributed by atoms with van der Waals surface area (Å²) in [5, 5.41) is 7.20. The number of aromatic amines is 1. The highest BCUT2D eigenvalue weighted by molar-refractivity contribution is 5.33. The fraction of sp³-hybridized carbons (Fsp3) is 0.250. The Balaban J connectivity index is 2.41. The molecule has 0 spiro atoms. The van der Waals surface area contributed by atoms with Crippen molar-refractivity contribution >= 4 is 0 Å². The maximum absolute atomic E-state index is 4.21. The lowest BCUT2D eigenvalue weighted by atomic mass is 9.98. The van der Waals surface area contributed by atoms with E-state index in [4.69, 9.17) is 0 Å². The first-order valence-corrected chi connectivity index (χ1v) is 5.09. The van der Waals surface area contributed by atoms with E-state index < -0.39 is 0 Å². The Labute approximate surface area is 89.3 Å². The lowest BCUT2D eigenvalue weighted by molar-refractivity contribution is -0.411. The third kappa shape index (κ3) is 1.78. The summed E-state index contributed by atoms with van der Waals surface area (Å²) in [4.78, 5) is 0. The lowest BCUT2D eigenvalue weighted by Crippen LogP contribution is -2.54. The van der Waals surface area contributed by atoms with Crippen LogP contribution in [0.25, 0.3) is 0 Å². The van der Waals surface area contributed by atoms with E-state index >= 15 is 0 Å². The van der Waals surface area contributed by atoms with Crippen LogP contribution in [-0.2, 0) is 0 Å². The number of nitrogens with one attached hydrogen (secondary N) is 1. The van der Waals surface area contributed by atoms with E-state index in [-0.39, 0.29) is 6.04 Å². The molecule has 3 nitrogen and oxygen atoms in total. The highest BCUT2D eigenvalue weighted by Crippen LogP contribution is 2.22. The van der Waals surface area contributed by atoms with E-state index in [0.717, 1.165) is 11.4 Å². The zero-order valence-electron chi connectivity index (χ0n) is 9.12. The van der Waals surface area contributed by atoms with Gasteiger partial charge in [-0.05, 0) is 13.8 Å². The molecule has 78 valence electrons. The molecule has 0 aliphatic carbocycles. The predicted molar refractivity (Wildman–Crippen MR) is 59.2 cm³/mol. The first-order chi connectivity index (χ1) is 7.20. The van der Waals surface area contributed by atoms with Crippen molar-refractivity contribution in [3.8, 4) is 0 Å². The minimum atomic E-state index is 0.157. The molecule has 3 heteroatoms. The van der Waals surface area contributed by atoms with Gasteiger partial charge in [-0.1, -0.05) is 30.3 Å². The first kappa shape index (κ1) is 9.93. The van der Waals surface area contributed by atoms with Gasteiger partial charge in [-0.25, -0.2) is 0 Å². The molecule has 0 unspecified atom stereocenters. The van der Waals surface area contributed by atoms with Crippen molar-refractivity contribution in [2.75, 3.05) is 0 Å². The van der Waals surface area contributed by atoms with Gasteiger partial charge in [0, 0.05) is 11.3 Å². The minimum Gasteiger partial charge on any atom is -0.347 e. The van der Waals surface area contributed by atoms with Crippen LogP contribution >= 0.6 is 0 Å². The molecule has 1 aromatic carbocycles. The van der Waals surface area contributed by atoms with Gasteiger partial charge >= 0.3 is 0 Å². The third-order valence-electron chi connectivity index (χ3n) is 2.74.